The predicted octanol–water partition coefficient (Wildman–Crippen LogP) is 1.50. The minimum atomic E-state index is -2.43. The summed E-state index contributed by atoms with van der Waals surface area (Å²) in [6.07, 6.45) is 0.621. The van der Waals surface area contributed by atoms with Crippen molar-refractivity contribution in [2.24, 2.45) is 5.92 Å². The zero-order valence-corrected chi connectivity index (χ0v) is 7.80. The molecule has 0 spiro atoms. The van der Waals surface area contributed by atoms with Crippen LogP contribution in [0.5, 0.6) is 0 Å². The van der Waals surface area contributed by atoms with Gasteiger partial charge in [0.25, 0.3) is 4.58 Å². The van der Waals surface area contributed by atoms with Gasteiger partial charge in [0.1, 0.15) is 5.78 Å². The molecule has 0 aromatic rings. The molecule has 0 heterocycles. The van der Waals surface area contributed by atoms with Gasteiger partial charge in [0.05, 0.1) is 0 Å². The SMILES string of the molecule is O=C1CC[C@@H](C(F)(Br)C(=O)O)C1. The molecule has 0 aromatic heterocycles. The van der Waals surface area contributed by atoms with Crippen LogP contribution in [-0.4, -0.2) is 21.4 Å². The molecule has 0 radical (unpaired) electrons. The summed E-state index contributed by atoms with van der Waals surface area (Å²) < 4.78 is 10.8. The van der Waals surface area contributed by atoms with E-state index in [4.69, 9.17) is 5.11 Å². The summed E-state index contributed by atoms with van der Waals surface area (Å²) in [4.78, 5) is 21.1. The molecule has 0 aromatic carbocycles. The van der Waals surface area contributed by atoms with Gasteiger partial charge in [-0.05, 0) is 22.4 Å². The van der Waals surface area contributed by atoms with Crippen molar-refractivity contribution in [3.63, 3.8) is 0 Å². The van der Waals surface area contributed by atoms with Crippen molar-refractivity contribution in [2.45, 2.75) is 23.8 Å². The molecule has 1 N–H and O–H groups in total. The van der Waals surface area contributed by atoms with Crippen LogP contribution >= 0.6 is 15.9 Å². The Bertz CT molecular complexity index is 227. The number of carbonyl (C=O) groups is 2. The molecule has 1 fully saturated rings. The van der Waals surface area contributed by atoms with Crippen molar-refractivity contribution in [3.05, 3.63) is 0 Å². The highest BCUT2D eigenvalue weighted by molar-refractivity contribution is 9.10. The highest BCUT2D eigenvalue weighted by Gasteiger charge is 2.47. The maximum Gasteiger partial charge on any atom is 0.353 e. The molecule has 1 rings (SSSR count). The van der Waals surface area contributed by atoms with E-state index in [1.54, 1.807) is 0 Å². The third-order valence-electron chi connectivity index (χ3n) is 2.04. The maximum absolute atomic E-state index is 13.3. The second-order valence-corrected chi connectivity index (χ2v) is 4.06. The largest absolute Gasteiger partial charge is 0.478 e. The molecule has 0 aliphatic heterocycles. The summed E-state index contributed by atoms with van der Waals surface area (Å²) in [6, 6.07) is 0. The number of hydrogen-bond donors (Lipinski definition) is 1. The maximum atomic E-state index is 13.3. The quantitative estimate of drug-likeness (QED) is 0.743. The lowest BCUT2D eigenvalue weighted by Crippen LogP contribution is -2.34. The number of alkyl halides is 2. The first kappa shape index (κ1) is 9.64. The van der Waals surface area contributed by atoms with E-state index < -0.39 is 16.5 Å². The smallest absolute Gasteiger partial charge is 0.353 e. The first-order valence-electron chi connectivity index (χ1n) is 3.57. The molecular weight excluding hydrogens is 231 g/mol. The number of rotatable bonds is 2. The number of hydrogen-bond acceptors (Lipinski definition) is 2. The molecule has 68 valence electrons. The summed E-state index contributed by atoms with van der Waals surface area (Å²) in [7, 11) is 0. The summed E-state index contributed by atoms with van der Waals surface area (Å²) in [5.74, 6) is -2.34. The van der Waals surface area contributed by atoms with Crippen LogP contribution in [0.15, 0.2) is 0 Å². The molecule has 0 amide bonds. The Balaban J connectivity index is 2.70. The third-order valence-corrected chi connectivity index (χ3v) is 3.03. The molecule has 0 bridgehead atoms. The van der Waals surface area contributed by atoms with E-state index in [9.17, 15) is 14.0 Å². The van der Waals surface area contributed by atoms with Crippen molar-refractivity contribution in [1.29, 1.82) is 0 Å². The number of carboxylic acids is 1. The van der Waals surface area contributed by atoms with E-state index in [1.807, 2.05) is 0 Å². The molecule has 1 aliphatic rings. The normalized spacial score (nSPS) is 28.5. The molecule has 1 saturated carbocycles. The molecule has 1 aliphatic carbocycles. The minimum Gasteiger partial charge on any atom is -0.478 e. The summed E-state index contributed by atoms with van der Waals surface area (Å²) >= 11 is 2.48. The fraction of sp³-hybridized carbons (Fsp3) is 0.714. The van der Waals surface area contributed by atoms with Crippen molar-refractivity contribution in [3.8, 4) is 0 Å². The second kappa shape index (κ2) is 3.12. The topological polar surface area (TPSA) is 54.4 Å². The average Bonchev–Trinajstić information content (AvgIpc) is 2.35. The molecule has 3 nitrogen and oxygen atoms in total. The lowest BCUT2D eigenvalue weighted by atomic mass is 10.0. The van der Waals surface area contributed by atoms with Crippen molar-refractivity contribution >= 4 is 27.7 Å². The van der Waals surface area contributed by atoms with Crippen LogP contribution in [0.4, 0.5) is 4.39 Å². The molecule has 12 heavy (non-hydrogen) atoms. The van der Waals surface area contributed by atoms with Crippen LogP contribution in [-0.2, 0) is 9.59 Å². The first-order chi connectivity index (χ1) is 5.44. The Labute approximate surface area is 77.1 Å². The zero-order valence-electron chi connectivity index (χ0n) is 6.22. The van der Waals surface area contributed by atoms with E-state index in [1.165, 1.54) is 0 Å². The van der Waals surface area contributed by atoms with Crippen LogP contribution in [0.25, 0.3) is 0 Å². The van der Waals surface area contributed by atoms with Crippen LogP contribution in [0.3, 0.4) is 0 Å². The Hall–Kier alpha value is -0.450. The van der Waals surface area contributed by atoms with Gasteiger partial charge in [-0.2, -0.15) is 0 Å². The summed E-state index contributed by atoms with van der Waals surface area (Å²) in [6.45, 7) is 0. The fourth-order valence-corrected chi connectivity index (χ4v) is 1.69. The fourth-order valence-electron chi connectivity index (χ4n) is 1.30. The highest BCUT2D eigenvalue weighted by Crippen LogP contribution is 2.39. The predicted molar refractivity (Wildman–Crippen MR) is 42.7 cm³/mol. The van der Waals surface area contributed by atoms with Crippen LogP contribution < -0.4 is 0 Å². The second-order valence-electron chi connectivity index (χ2n) is 2.91. The van der Waals surface area contributed by atoms with Gasteiger partial charge in [-0.25, -0.2) is 9.18 Å². The van der Waals surface area contributed by atoms with Crippen molar-refractivity contribution in [2.75, 3.05) is 0 Å². The van der Waals surface area contributed by atoms with Gasteiger partial charge in [-0.15, -0.1) is 0 Å². The van der Waals surface area contributed by atoms with E-state index in [-0.39, 0.29) is 18.6 Å². The van der Waals surface area contributed by atoms with Gasteiger partial charge >= 0.3 is 5.97 Å². The number of carboxylic acid groups (broad SMARTS) is 1. The van der Waals surface area contributed by atoms with Crippen LogP contribution in [0, 0.1) is 5.92 Å². The number of Topliss-reactive ketones (excluding diaryl/α,β-unsaturated/α-hetero) is 1. The highest BCUT2D eigenvalue weighted by atomic mass is 79.9. The van der Waals surface area contributed by atoms with Gasteiger partial charge in [0.2, 0.25) is 0 Å². The Morgan fingerprint density at radius 3 is 2.67 bits per heavy atom. The van der Waals surface area contributed by atoms with Gasteiger partial charge in [0, 0.05) is 18.8 Å². The van der Waals surface area contributed by atoms with Crippen molar-refractivity contribution in [1.82, 2.24) is 0 Å². The van der Waals surface area contributed by atoms with Gasteiger partial charge in [-0.3, -0.25) is 4.79 Å². The average molecular weight is 239 g/mol. The monoisotopic (exact) mass is 238 g/mol. The van der Waals surface area contributed by atoms with Gasteiger partial charge < -0.3 is 5.11 Å². The standard InChI is InChI=1S/C7H8BrFO3/c8-7(9,6(11)12)4-1-2-5(10)3-4/h4H,1-3H2,(H,11,12)/t4-,7?/m1/s1. The lowest BCUT2D eigenvalue weighted by molar-refractivity contribution is -0.146. The van der Waals surface area contributed by atoms with Gasteiger partial charge in [-0.1, -0.05) is 0 Å². The Kier molecular flexibility index (Phi) is 2.51. The summed E-state index contributed by atoms with van der Waals surface area (Å²) in [5, 5.41) is 8.45. The first-order valence-corrected chi connectivity index (χ1v) is 4.37. The van der Waals surface area contributed by atoms with Gasteiger partial charge in [0.15, 0.2) is 0 Å². The molecule has 0 saturated heterocycles. The van der Waals surface area contributed by atoms with E-state index >= 15 is 0 Å². The summed E-state index contributed by atoms with van der Waals surface area (Å²) in [5.41, 5.74) is 0. The number of halogens is 2. The number of ketones is 1. The molecule has 5 heteroatoms. The third kappa shape index (κ3) is 1.65. The Morgan fingerprint density at radius 1 is 1.75 bits per heavy atom. The van der Waals surface area contributed by atoms with Crippen LogP contribution in [0.1, 0.15) is 19.3 Å². The molecule has 2 atom stereocenters. The van der Waals surface area contributed by atoms with Crippen LogP contribution in [0.2, 0.25) is 0 Å². The minimum absolute atomic E-state index is 0.0219. The number of carbonyl (C=O) groups excluding carboxylic acids is 1. The number of aliphatic carboxylic acids is 1. The van der Waals surface area contributed by atoms with Crippen molar-refractivity contribution < 1.29 is 19.1 Å². The molecular formula is C7H8BrFO3. The lowest BCUT2D eigenvalue weighted by Gasteiger charge is -2.18. The Morgan fingerprint density at radius 2 is 2.33 bits per heavy atom. The zero-order chi connectivity index (χ0) is 9.35. The van der Waals surface area contributed by atoms with E-state index in [2.05, 4.69) is 15.9 Å². The van der Waals surface area contributed by atoms with E-state index in [0.29, 0.717) is 6.42 Å². The van der Waals surface area contributed by atoms with E-state index in [0.717, 1.165) is 0 Å². The molecule has 1 unspecified atom stereocenters.